The molecule has 22 heavy (non-hydrogen) atoms. The Balaban J connectivity index is 1.60. The third kappa shape index (κ3) is 3.76. The quantitative estimate of drug-likeness (QED) is 0.901. The van der Waals surface area contributed by atoms with Crippen LogP contribution in [0.5, 0.6) is 5.75 Å². The van der Waals surface area contributed by atoms with Crippen molar-refractivity contribution in [2.45, 2.75) is 18.9 Å². The minimum absolute atomic E-state index is 0.0849. The van der Waals surface area contributed by atoms with E-state index in [2.05, 4.69) is 4.90 Å². The fourth-order valence-corrected chi connectivity index (χ4v) is 4.55. The molecule has 2 heterocycles. The number of carbonyl (C=O) groups excluding carboxylic acids is 1. The van der Waals surface area contributed by atoms with Crippen LogP contribution < -0.4 is 10.5 Å². The minimum Gasteiger partial charge on any atom is -0.493 e. The summed E-state index contributed by atoms with van der Waals surface area (Å²) in [5.74, 6) is 3.25. The summed E-state index contributed by atoms with van der Waals surface area (Å²) in [5.41, 5.74) is 5.62. The summed E-state index contributed by atoms with van der Waals surface area (Å²) < 4.78 is 5.87. The zero-order valence-electron chi connectivity index (χ0n) is 12.8. The average molecular weight is 320 g/mol. The van der Waals surface area contributed by atoms with Gasteiger partial charge in [-0.05, 0) is 36.5 Å². The maximum atomic E-state index is 11.8. The predicted octanol–water partition coefficient (Wildman–Crippen LogP) is 1.99. The standard InChI is InChI=1S/C17H24N2O2S/c18-17(20)16-11-19(14-6-8-22-9-7-14)10-13(16)12-21-15-4-2-1-3-5-15/h1-5,13-14,16H,6-12H2,(H2,18,20)/t13-,16+/m0/s1. The van der Waals surface area contributed by atoms with E-state index < -0.39 is 0 Å². The summed E-state index contributed by atoms with van der Waals surface area (Å²) in [7, 11) is 0. The van der Waals surface area contributed by atoms with Crippen LogP contribution in [-0.4, -0.2) is 48.1 Å². The Labute approximate surface area is 136 Å². The molecular formula is C17H24N2O2S. The molecule has 1 aromatic rings. The first-order valence-corrected chi connectivity index (χ1v) is 9.18. The summed E-state index contributed by atoms with van der Waals surface area (Å²) in [6.45, 7) is 2.29. The molecule has 1 amide bonds. The van der Waals surface area contributed by atoms with E-state index in [1.807, 2.05) is 42.1 Å². The molecule has 0 unspecified atom stereocenters. The molecule has 1 aromatic carbocycles. The molecule has 5 heteroatoms. The molecule has 2 fully saturated rings. The van der Waals surface area contributed by atoms with Crippen LogP contribution in [0.1, 0.15) is 12.8 Å². The van der Waals surface area contributed by atoms with Crippen LogP contribution in [0.15, 0.2) is 30.3 Å². The predicted molar refractivity (Wildman–Crippen MR) is 90.0 cm³/mol. The molecule has 2 aliphatic rings. The summed E-state index contributed by atoms with van der Waals surface area (Å²) in [6, 6.07) is 10.4. The summed E-state index contributed by atoms with van der Waals surface area (Å²) in [5, 5.41) is 0. The van der Waals surface area contributed by atoms with Gasteiger partial charge in [0.15, 0.2) is 0 Å². The SMILES string of the molecule is NC(=O)[C@@H]1CN(C2CCSCC2)C[C@H]1COc1ccccc1. The molecule has 4 nitrogen and oxygen atoms in total. The van der Waals surface area contributed by atoms with Crippen molar-refractivity contribution in [3.05, 3.63) is 30.3 Å². The van der Waals surface area contributed by atoms with E-state index >= 15 is 0 Å². The largest absolute Gasteiger partial charge is 0.493 e. The highest BCUT2D eigenvalue weighted by molar-refractivity contribution is 7.99. The third-order valence-corrected chi connectivity index (χ3v) is 5.80. The van der Waals surface area contributed by atoms with Gasteiger partial charge in [0.25, 0.3) is 0 Å². The molecule has 0 spiro atoms. The Morgan fingerprint density at radius 1 is 1.23 bits per heavy atom. The van der Waals surface area contributed by atoms with E-state index in [1.54, 1.807) is 0 Å². The molecular weight excluding hydrogens is 296 g/mol. The number of hydrogen-bond donors (Lipinski definition) is 1. The number of carbonyl (C=O) groups is 1. The lowest BCUT2D eigenvalue weighted by molar-refractivity contribution is -0.122. The van der Waals surface area contributed by atoms with Gasteiger partial charge in [0, 0.05) is 25.0 Å². The number of likely N-dealkylation sites (tertiary alicyclic amines) is 1. The summed E-state index contributed by atoms with van der Waals surface area (Å²) in [6.07, 6.45) is 2.45. The van der Waals surface area contributed by atoms with Crippen molar-refractivity contribution >= 4 is 17.7 Å². The van der Waals surface area contributed by atoms with E-state index in [1.165, 1.54) is 24.3 Å². The zero-order valence-corrected chi connectivity index (χ0v) is 13.6. The van der Waals surface area contributed by atoms with Gasteiger partial charge >= 0.3 is 0 Å². The molecule has 0 aromatic heterocycles. The maximum absolute atomic E-state index is 11.8. The Bertz CT molecular complexity index is 491. The van der Waals surface area contributed by atoms with Crippen LogP contribution >= 0.6 is 11.8 Å². The molecule has 0 radical (unpaired) electrons. The van der Waals surface area contributed by atoms with Gasteiger partial charge in [0.1, 0.15) is 5.75 Å². The number of hydrogen-bond acceptors (Lipinski definition) is 4. The number of nitrogens with two attached hydrogens (primary N) is 1. The lowest BCUT2D eigenvalue weighted by atomic mass is 9.96. The van der Waals surface area contributed by atoms with Gasteiger partial charge < -0.3 is 10.5 Å². The molecule has 0 bridgehead atoms. The Hall–Kier alpha value is -1.20. The van der Waals surface area contributed by atoms with Gasteiger partial charge in [-0.3, -0.25) is 9.69 Å². The lowest BCUT2D eigenvalue weighted by Gasteiger charge is -2.30. The van der Waals surface area contributed by atoms with Gasteiger partial charge in [-0.2, -0.15) is 11.8 Å². The van der Waals surface area contributed by atoms with Crippen LogP contribution in [-0.2, 0) is 4.79 Å². The van der Waals surface area contributed by atoms with Gasteiger partial charge in [-0.1, -0.05) is 18.2 Å². The van der Waals surface area contributed by atoms with Gasteiger partial charge in [-0.25, -0.2) is 0 Å². The molecule has 2 N–H and O–H groups in total. The number of ether oxygens (including phenoxy) is 1. The van der Waals surface area contributed by atoms with Crippen molar-refractivity contribution in [2.24, 2.45) is 17.6 Å². The van der Waals surface area contributed by atoms with Crippen LogP contribution in [0.25, 0.3) is 0 Å². The fraction of sp³-hybridized carbons (Fsp3) is 0.588. The van der Waals surface area contributed by atoms with Crippen LogP contribution in [0.3, 0.4) is 0 Å². The minimum atomic E-state index is -0.186. The zero-order chi connectivity index (χ0) is 15.4. The number of primary amides is 1. The second kappa shape index (κ2) is 7.38. The number of amides is 1. The Kier molecular flexibility index (Phi) is 5.26. The van der Waals surface area contributed by atoms with Crippen molar-refractivity contribution in [3.63, 3.8) is 0 Å². The summed E-state index contributed by atoms with van der Waals surface area (Å²) >= 11 is 2.03. The normalized spacial score (nSPS) is 26.9. The van der Waals surface area contributed by atoms with Crippen molar-refractivity contribution < 1.29 is 9.53 Å². The fourth-order valence-electron chi connectivity index (χ4n) is 3.46. The average Bonchev–Trinajstić information content (AvgIpc) is 2.99. The van der Waals surface area contributed by atoms with Crippen LogP contribution in [0, 0.1) is 11.8 Å². The smallest absolute Gasteiger partial charge is 0.222 e. The lowest BCUT2D eigenvalue weighted by Crippen LogP contribution is -2.37. The second-order valence-electron chi connectivity index (χ2n) is 6.19. The number of nitrogens with zero attached hydrogens (tertiary/aromatic N) is 1. The highest BCUT2D eigenvalue weighted by Crippen LogP contribution is 2.30. The van der Waals surface area contributed by atoms with Gasteiger partial charge in [0.2, 0.25) is 5.91 Å². The van der Waals surface area contributed by atoms with E-state index in [0.29, 0.717) is 12.6 Å². The molecule has 2 saturated heterocycles. The van der Waals surface area contributed by atoms with E-state index in [9.17, 15) is 4.79 Å². The first-order chi connectivity index (χ1) is 10.7. The molecule has 2 atom stereocenters. The van der Waals surface area contributed by atoms with Gasteiger partial charge in [0.05, 0.1) is 12.5 Å². The van der Waals surface area contributed by atoms with Crippen LogP contribution in [0.2, 0.25) is 0 Å². The monoisotopic (exact) mass is 320 g/mol. The van der Waals surface area contributed by atoms with Crippen LogP contribution in [0.4, 0.5) is 0 Å². The number of rotatable bonds is 5. The molecule has 2 aliphatic heterocycles. The third-order valence-electron chi connectivity index (χ3n) is 4.75. The number of thioether (sulfide) groups is 1. The molecule has 3 rings (SSSR count). The Morgan fingerprint density at radius 3 is 2.64 bits per heavy atom. The molecule has 120 valence electrons. The summed E-state index contributed by atoms with van der Waals surface area (Å²) in [4.78, 5) is 14.3. The second-order valence-corrected chi connectivity index (χ2v) is 7.42. The molecule has 0 aliphatic carbocycles. The van der Waals surface area contributed by atoms with E-state index in [-0.39, 0.29) is 17.7 Å². The Morgan fingerprint density at radius 2 is 1.95 bits per heavy atom. The number of para-hydroxylation sites is 1. The maximum Gasteiger partial charge on any atom is 0.222 e. The molecule has 0 saturated carbocycles. The first-order valence-electron chi connectivity index (χ1n) is 8.03. The highest BCUT2D eigenvalue weighted by Gasteiger charge is 2.39. The topological polar surface area (TPSA) is 55.6 Å². The van der Waals surface area contributed by atoms with E-state index in [0.717, 1.165) is 18.8 Å². The van der Waals surface area contributed by atoms with Crippen molar-refractivity contribution in [1.29, 1.82) is 0 Å². The number of benzene rings is 1. The first kappa shape index (κ1) is 15.7. The van der Waals surface area contributed by atoms with Crippen molar-refractivity contribution in [2.75, 3.05) is 31.2 Å². The van der Waals surface area contributed by atoms with E-state index in [4.69, 9.17) is 10.5 Å². The van der Waals surface area contributed by atoms with Gasteiger partial charge in [-0.15, -0.1) is 0 Å². The highest BCUT2D eigenvalue weighted by atomic mass is 32.2. The van der Waals surface area contributed by atoms with Crippen molar-refractivity contribution in [1.82, 2.24) is 4.90 Å². The van der Waals surface area contributed by atoms with Crippen molar-refractivity contribution in [3.8, 4) is 5.75 Å².